The third-order valence-electron chi connectivity index (χ3n) is 5.31. The first-order valence-corrected chi connectivity index (χ1v) is 12.3. The molecule has 2 unspecified atom stereocenters. The minimum Gasteiger partial charge on any atom is -0.373 e. The number of morpholine rings is 1. The van der Waals surface area contributed by atoms with E-state index in [0.717, 1.165) is 10.6 Å². The van der Waals surface area contributed by atoms with Crippen molar-refractivity contribution >= 4 is 27.5 Å². The van der Waals surface area contributed by atoms with Crippen LogP contribution in [0.5, 0.6) is 0 Å². The van der Waals surface area contributed by atoms with Crippen molar-refractivity contribution in [2.45, 2.75) is 26.1 Å². The molecule has 0 N–H and O–H groups in total. The second-order valence-corrected chi connectivity index (χ2v) is 10.5. The van der Waals surface area contributed by atoms with Crippen molar-refractivity contribution in [2.24, 2.45) is 0 Å². The minimum absolute atomic E-state index is 0.130. The fourth-order valence-corrected chi connectivity index (χ4v) is 6.40. The molecule has 30 heavy (non-hydrogen) atoms. The first-order chi connectivity index (χ1) is 14.3. The molecule has 3 heterocycles. The highest BCUT2D eigenvalue weighted by Gasteiger charge is 2.37. The quantitative estimate of drug-likeness (QED) is 0.711. The zero-order chi connectivity index (χ0) is 21.3. The van der Waals surface area contributed by atoms with E-state index in [9.17, 15) is 13.2 Å². The fourth-order valence-electron chi connectivity index (χ4n) is 3.85. The molecule has 10 heteroatoms. The maximum absolute atomic E-state index is 13.0. The van der Waals surface area contributed by atoms with Crippen molar-refractivity contribution in [1.82, 2.24) is 18.5 Å². The van der Waals surface area contributed by atoms with Crippen LogP contribution in [-0.4, -0.2) is 84.3 Å². The number of rotatable bonds is 4. The lowest BCUT2D eigenvalue weighted by atomic mass is 10.2. The molecule has 0 bridgehead atoms. The molecule has 2 saturated heterocycles. The van der Waals surface area contributed by atoms with Crippen LogP contribution in [-0.2, 0) is 14.9 Å². The van der Waals surface area contributed by atoms with Crippen LogP contribution in [0.3, 0.4) is 0 Å². The number of piperazine rings is 1. The van der Waals surface area contributed by atoms with Gasteiger partial charge >= 0.3 is 0 Å². The van der Waals surface area contributed by atoms with Crippen LogP contribution in [0, 0.1) is 0 Å². The molecule has 1 amide bonds. The summed E-state index contributed by atoms with van der Waals surface area (Å²) in [6, 6.07) is 9.74. The summed E-state index contributed by atoms with van der Waals surface area (Å²) < 4.78 is 34.7. The van der Waals surface area contributed by atoms with Crippen LogP contribution in [0.15, 0.2) is 35.7 Å². The highest BCUT2D eigenvalue weighted by atomic mass is 32.2. The molecule has 4 rings (SSSR count). The van der Waals surface area contributed by atoms with Gasteiger partial charge in [0, 0.05) is 50.2 Å². The van der Waals surface area contributed by atoms with Gasteiger partial charge in [0.15, 0.2) is 0 Å². The van der Waals surface area contributed by atoms with Crippen LogP contribution in [0.4, 0.5) is 0 Å². The third-order valence-corrected chi connectivity index (χ3v) is 8.17. The fraction of sp³-hybridized carbons (Fsp3) is 0.500. The first-order valence-electron chi connectivity index (χ1n) is 10.1. The number of benzene rings is 1. The second-order valence-electron chi connectivity index (χ2n) is 7.68. The number of nitrogens with zero attached hydrogens (tertiary/aromatic N) is 4. The van der Waals surface area contributed by atoms with E-state index in [1.165, 1.54) is 19.9 Å². The maximum atomic E-state index is 13.0. The Morgan fingerprint density at radius 1 is 1.03 bits per heavy atom. The van der Waals surface area contributed by atoms with Crippen LogP contribution in [0.1, 0.15) is 24.3 Å². The summed E-state index contributed by atoms with van der Waals surface area (Å²) in [7, 11) is -3.56. The smallest absolute Gasteiger partial charge is 0.282 e. The molecule has 162 valence electrons. The Kier molecular flexibility index (Phi) is 6.21. The van der Waals surface area contributed by atoms with Crippen molar-refractivity contribution in [1.29, 1.82) is 0 Å². The SMILES string of the molecule is CC1CN(S(=O)(=O)N2CCN(C(=O)c3csc(-c4ccccc4)n3)CC2)CC(C)O1. The monoisotopic (exact) mass is 450 g/mol. The highest BCUT2D eigenvalue weighted by Crippen LogP contribution is 2.25. The molecule has 0 saturated carbocycles. The van der Waals surface area contributed by atoms with Gasteiger partial charge in [-0.15, -0.1) is 11.3 Å². The normalized spacial score (nSPS) is 24.1. The average Bonchev–Trinajstić information content (AvgIpc) is 3.23. The molecular formula is C20H26N4O4S2. The van der Waals surface area contributed by atoms with E-state index in [2.05, 4.69) is 4.98 Å². The van der Waals surface area contributed by atoms with Gasteiger partial charge in [-0.1, -0.05) is 30.3 Å². The van der Waals surface area contributed by atoms with E-state index >= 15 is 0 Å². The minimum atomic E-state index is -3.56. The average molecular weight is 451 g/mol. The lowest BCUT2D eigenvalue weighted by molar-refractivity contribution is -0.0457. The summed E-state index contributed by atoms with van der Waals surface area (Å²) >= 11 is 1.44. The van der Waals surface area contributed by atoms with Gasteiger partial charge in [-0.25, -0.2) is 4.98 Å². The van der Waals surface area contributed by atoms with Gasteiger partial charge in [-0.3, -0.25) is 4.79 Å². The van der Waals surface area contributed by atoms with E-state index in [0.29, 0.717) is 31.9 Å². The third kappa shape index (κ3) is 4.42. The Bertz CT molecular complexity index is 977. The Labute approximate surface area is 181 Å². The Hall–Kier alpha value is -1.85. The second kappa shape index (κ2) is 8.72. The van der Waals surface area contributed by atoms with Crippen LogP contribution < -0.4 is 0 Å². The van der Waals surface area contributed by atoms with Crippen LogP contribution in [0.2, 0.25) is 0 Å². The number of ether oxygens (including phenoxy) is 1. The van der Waals surface area contributed by atoms with E-state index in [-0.39, 0.29) is 31.2 Å². The summed E-state index contributed by atoms with van der Waals surface area (Å²) in [6.07, 6.45) is -0.260. The van der Waals surface area contributed by atoms with Crippen LogP contribution >= 0.6 is 11.3 Å². The molecule has 1 aromatic carbocycles. The predicted octanol–water partition coefficient (Wildman–Crippen LogP) is 1.92. The van der Waals surface area contributed by atoms with E-state index in [4.69, 9.17) is 4.74 Å². The molecule has 2 fully saturated rings. The molecule has 8 nitrogen and oxygen atoms in total. The molecule has 0 aliphatic carbocycles. The molecular weight excluding hydrogens is 424 g/mol. The predicted molar refractivity (Wildman–Crippen MR) is 116 cm³/mol. The summed E-state index contributed by atoms with van der Waals surface area (Å²) in [5, 5.41) is 2.57. The van der Waals surface area contributed by atoms with Gasteiger partial charge < -0.3 is 9.64 Å². The number of hydrogen-bond acceptors (Lipinski definition) is 6. The van der Waals surface area contributed by atoms with Gasteiger partial charge in [0.25, 0.3) is 16.1 Å². The number of aromatic nitrogens is 1. The number of hydrogen-bond donors (Lipinski definition) is 0. The summed E-state index contributed by atoms with van der Waals surface area (Å²) in [4.78, 5) is 19.0. The Morgan fingerprint density at radius 3 is 2.30 bits per heavy atom. The molecule has 2 aliphatic rings. The summed E-state index contributed by atoms with van der Waals surface area (Å²) in [5.41, 5.74) is 1.39. The van der Waals surface area contributed by atoms with E-state index in [1.54, 1.807) is 10.3 Å². The standard InChI is InChI=1S/C20H26N4O4S2/c1-15-12-24(13-16(2)28-15)30(26,27)23-10-8-22(9-11-23)20(25)18-14-29-19(21-18)17-6-4-3-5-7-17/h3-7,14-16H,8-13H2,1-2H3. The Balaban J connectivity index is 1.38. The lowest BCUT2D eigenvalue weighted by Crippen LogP contribution is -2.57. The molecule has 2 aliphatic heterocycles. The van der Waals surface area contributed by atoms with Gasteiger partial charge in [-0.05, 0) is 13.8 Å². The largest absolute Gasteiger partial charge is 0.373 e. The number of carbonyl (C=O) groups is 1. The van der Waals surface area contributed by atoms with Crippen molar-refractivity contribution in [3.63, 3.8) is 0 Å². The van der Waals surface area contributed by atoms with Gasteiger partial charge in [0.05, 0.1) is 12.2 Å². The van der Waals surface area contributed by atoms with Crippen molar-refractivity contribution in [2.75, 3.05) is 39.3 Å². The van der Waals surface area contributed by atoms with Gasteiger partial charge in [-0.2, -0.15) is 17.0 Å². The zero-order valence-electron chi connectivity index (χ0n) is 17.1. The number of amides is 1. The zero-order valence-corrected chi connectivity index (χ0v) is 18.7. The van der Waals surface area contributed by atoms with Crippen LogP contribution in [0.25, 0.3) is 10.6 Å². The molecule has 1 aromatic heterocycles. The van der Waals surface area contributed by atoms with Crippen molar-refractivity contribution < 1.29 is 17.9 Å². The summed E-state index contributed by atoms with van der Waals surface area (Å²) in [6.45, 7) is 5.74. The van der Waals surface area contributed by atoms with E-state index < -0.39 is 10.2 Å². The topological polar surface area (TPSA) is 83.1 Å². The number of thiazole rings is 1. The highest BCUT2D eigenvalue weighted by molar-refractivity contribution is 7.86. The first kappa shape index (κ1) is 21.4. The summed E-state index contributed by atoms with van der Waals surface area (Å²) in [5.74, 6) is -0.154. The van der Waals surface area contributed by atoms with Crippen molar-refractivity contribution in [3.05, 3.63) is 41.4 Å². The van der Waals surface area contributed by atoms with Gasteiger partial charge in [0.1, 0.15) is 10.7 Å². The maximum Gasteiger partial charge on any atom is 0.282 e. The molecule has 2 atom stereocenters. The van der Waals surface area contributed by atoms with Crippen molar-refractivity contribution in [3.8, 4) is 10.6 Å². The number of carbonyl (C=O) groups excluding carboxylic acids is 1. The Morgan fingerprint density at radius 2 is 1.67 bits per heavy atom. The lowest BCUT2D eigenvalue weighted by Gasteiger charge is -2.40. The molecule has 0 spiro atoms. The molecule has 0 radical (unpaired) electrons. The molecule has 2 aromatic rings. The van der Waals surface area contributed by atoms with Gasteiger partial charge in [0.2, 0.25) is 0 Å². The van der Waals surface area contributed by atoms with E-state index in [1.807, 2.05) is 44.2 Å².